The summed E-state index contributed by atoms with van der Waals surface area (Å²) < 4.78 is 6.54. The summed E-state index contributed by atoms with van der Waals surface area (Å²) in [6.45, 7) is 0.398. The SMILES string of the molecule is CN1c2cccc(Br)c2[C@]23CCOC(=O)C2(c2ccccc2N=[N+]=[N-])[C@H]13. The molecule has 3 aliphatic rings. The quantitative estimate of drug-likeness (QED) is 0.319. The van der Waals surface area contributed by atoms with Crippen LogP contribution in [-0.4, -0.2) is 25.7 Å². The van der Waals surface area contributed by atoms with Crippen LogP contribution in [0.25, 0.3) is 10.4 Å². The third kappa shape index (κ3) is 1.50. The van der Waals surface area contributed by atoms with Crippen molar-refractivity contribution in [1.29, 1.82) is 0 Å². The number of azide groups is 1. The van der Waals surface area contributed by atoms with Crippen LogP contribution in [0, 0.1) is 0 Å². The summed E-state index contributed by atoms with van der Waals surface area (Å²) in [4.78, 5) is 18.3. The average Bonchev–Trinajstić information content (AvgIpc) is 3.19. The Balaban J connectivity index is 1.84. The highest BCUT2D eigenvalue weighted by Crippen LogP contribution is 2.77. The fourth-order valence-electron chi connectivity index (χ4n) is 5.47. The Bertz CT molecular complexity index is 1020. The molecule has 7 heteroatoms. The van der Waals surface area contributed by atoms with Crippen molar-refractivity contribution < 1.29 is 9.53 Å². The Morgan fingerprint density at radius 1 is 1.31 bits per heavy atom. The zero-order valence-corrected chi connectivity index (χ0v) is 15.6. The van der Waals surface area contributed by atoms with Gasteiger partial charge in [-0.1, -0.05) is 51.4 Å². The van der Waals surface area contributed by atoms with Gasteiger partial charge in [-0.2, -0.15) is 0 Å². The number of esters is 1. The second kappa shape index (κ2) is 5.02. The number of nitrogens with zero attached hydrogens (tertiary/aromatic N) is 4. The molecule has 1 saturated carbocycles. The Hall–Kier alpha value is -2.50. The van der Waals surface area contributed by atoms with Crippen molar-refractivity contribution in [2.75, 3.05) is 18.6 Å². The first-order chi connectivity index (χ1) is 12.6. The summed E-state index contributed by atoms with van der Waals surface area (Å²) in [5.74, 6) is -0.234. The number of hydrogen-bond donors (Lipinski definition) is 0. The summed E-state index contributed by atoms with van der Waals surface area (Å²) in [6, 6.07) is 13.4. The van der Waals surface area contributed by atoms with E-state index in [1.54, 1.807) is 6.07 Å². The van der Waals surface area contributed by atoms with Crippen LogP contribution in [0.15, 0.2) is 52.1 Å². The van der Waals surface area contributed by atoms with Crippen LogP contribution in [0.1, 0.15) is 17.5 Å². The van der Waals surface area contributed by atoms with E-state index in [4.69, 9.17) is 10.3 Å². The van der Waals surface area contributed by atoms with Gasteiger partial charge < -0.3 is 9.64 Å². The minimum atomic E-state index is -0.846. The standard InChI is InChI=1S/C19H15BrN4O2/c1-24-14-8-4-6-12(20)15(14)18-9-10-26-17(25)19(18,16(18)24)11-5-2-3-7-13(11)22-23-21/h2-8,16H,9-10H2,1H3/t16-,18+,19?/m1/s1. The fraction of sp³-hybridized carbons (Fsp3) is 0.316. The Morgan fingerprint density at radius 2 is 2.12 bits per heavy atom. The number of fused-ring (bicyclic) bond motifs is 2. The van der Waals surface area contributed by atoms with Crippen LogP contribution in [0.4, 0.5) is 11.4 Å². The molecule has 2 heterocycles. The van der Waals surface area contributed by atoms with E-state index in [9.17, 15) is 4.79 Å². The number of halogens is 1. The van der Waals surface area contributed by atoms with Crippen molar-refractivity contribution in [2.45, 2.75) is 23.3 Å². The van der Waals surface area contributed by atoms with Gasteiger partial charge in [0, 0.05) is 33.2 Å². The van der Waals surface area contributed by atoms with Gasteiger partial charge in [-0.3, -0.25) is 4.79 Å². The van der Waals surface area contributed by atoms with Gasteiger partial charge >= 0.3 is 5.97 Å². The molecule has 2 fully saturated rings. The largest absolute Gasteiger partial charge is 0.465 e. The second-order valence-corrected chi connectivity index (χ2v) is 7.87. The molecule has 0 aromatic heterocycles. The van der Waals surface area contributed by atoms with E-state index >= 15 is 0 Å². The molecule has 1 saturated heterocycles. The molecule has 0 amide bonds. The maximum atomic E-state index is 13.2. The maximum absolute atomic E-state index is 13.2. The number of likely N-dealkylation sites (N-methyl/N-ethyl adjacent to an activating group) is 1. The summed E-state index contributed by atoms with van der Waals surface area (Å²) in [5.41, 5.74) is 11.3. The van der Waals surface area contributed by atoms with Gasteiger partial charge in [0.1, 0.15) is 5.41 Å². The van der Waals surface area contributed by atoms with Crippen molar-refractivity contribution in [3.63, 3.8) is 0 Å². The van der Waals surface area contributed by atoms with E-state index in [1.165, 1.54) is 0 Å². The normalized spacial score (nSPS) is 30.6. The topological polar surface area (TPSA) is 78.3 Å². The molecule has 2 aromatic carbocycles. The zero-order valence-electron chi connectivity index (χ0n) is 14.0. The first-order valence-corrected chi connectivity index (χ1v) is 9.23. The van der Waals surface area contributed by atoms with E-state index in [1.807, 2.05) is 37.4 Å². The molecular weight excluding hydrogens is 396 g/mol. The van der Waals surface area contributed by atoms with Crippen molar-refractivity contribution in [3.05, 3.63) is 68.5 Å². The number of ether oxygens (including phenoxy) is 1. The maximum Gasteiger partial charge on any atom is 0.319 e. The van der Waals surface area contributed by atoms with Crippen molar-refractivity contribution in [3.8, 4) is 0 Å². The number of hydrogen-bond acceptors (Lipinski definition) is 4. The highest BCUT2D eigenvalue weighted by atomic mass is 79.9. The lowest BCUT2D eigenvalue weighted by Gasteiger charge is -2.33. The predicted molar refractivity (Wildman–Crippen MR) is 101 cm³/mol. The number of benzene rings is 2. The van der Waals surface area contributed by atoms with E-state index in [0.717, 1.165) is 27.7 Å². The first kappa shape index (κ1) is 15.7. The molecule has 26 heavy (non-hydrogen) atoms. The van der Waals surface area contributed by atoms with Crippen molar-refractivity contribution in [1.82, 2.24) is 0 Å². The van der Waals surface area contributed by atoms with Gasteiger partial charge in [0.15, 0.2) is 0 Å². The van der Waals surface area contributed by atoms with Crippen LogP contribution in [0.5, 0.6) is 0 Å². The molecule has 1 aliphatic carbocycles. The second-order valence-electron chi connectivity index (χ2n) is 7.02. The van der Waals surface area contributed by atoms with Gasteiger partial charge in [-0.15, -0.1) is 0 Å². The van der Waals surface area contributed by atoms with Crippen LogP contribution in [0.3, 0.4) is 0 Å². The Morgan fingerprint density at radius 3 is 2.92 bits per heavy atom. The highest BCUT2D eigenvalue weighted by Gasteiger charge is 2.88. The van der Waals surface area contributed by atoms with Crippen molar-refractivity contribution in [2.24, 2.45) is 5.11 Å². The number of carbonyl (C=O) groups excluding carboxylic acids is 1. The molecular formula is C19H15BrN4O2. The van der Waals surface area contributed by atoms with E-state index in [0.29, 0.717) is 12.3 Å². The smallest absolute Gasteiger partial charge is 0.319 e. The lowest BCUT2D eigenvalue weighted by atomic mass is 9.77. The average molecular weight is 411 g/mol. The minimum absolute atomic E-state index is 0.0475. The van der Waals surface area contributed by atoms with Crippen molar-refractivity contribution >= 4 is 33.3 Å². The number of rotatable bonds is 2. The molecule has 0 N–H and O–H groups in total. The molecule has 2 aliphatic heterocycles. The van der Waals surface area contributed by atoms with E-state index in [-0.39, 0.29) is 17.4 Å². The molecule has 0 radical (unpaired) electrons. The minimum Gasteiger partial charge on any atom is -0.465 e. The lowest BCUT2D eigenvalue weighted by Crippen LogP contribution is -2.41. The monoisotopic (exact) mass is 410 g/mol. The number of carbonyl (C=O) groups is 1. The summed E-state index contributed by atoms with van der Waals surface area (Å²) >= 11 is 3.70. The van der Waals surface area contributed by atoms with Crippen LogP contribution < -0.4 is 4.90 Å². The molecule has 1 spiro atoms. The van der Waals surface area contributed by atoms with Crippen LogP contribution in [-0.2, 0) is 20.4 Å². The predicted octanol–water partition coefficient (Wildman–Crippen LogP) is 4.35. The third-order valence-electron chi connectivity index (χ3n) is 6.24. The van der Waals surface area contributed by atoms with Crippen LogP contribution >= 0.6 is 15.9 Å². The lowest BCUT2D eigenvalue weighted by molar-refractivity contribution is -0.151. The van der Waals surface area contributed by atoms with E-state index in [2.05, 4.69) is 36.9 Å². The molecule has 0 bridgehead atoms. The molecule has 6 nitrogen and oxygen atoms in total. The molecule has 130 valence electrons. The summed E-state index contributed by atoms with van der Waals surface area (Å²) in [7, 11) is 2.02. The summed E-state index contributed by atoms with van der Waals surface area (Å²) in [5, 5.41) is 3.86. The van der Waals surface area contributed by atoms with Crippen LogP contribution in [0.2, 0.25) is 0 Å². The Kier molecular flexibility index (Phi) is 3.04. The van der Waals surface area contributed by atoms with Gasteiger partial charge in [0.2, 0.25) is 0 Å². The summed E-state index contributed by atoms with van der Waals surface area (Å²) in [6.07, 6.45) is 0.744. The molecule has 1 unspecified atom stereocenters. The Labute approximate surface area is 158 Å². The highest BCUT2D eigenvalue weighted by molar-refractivity contribution is 9.10. The zero-order chi connectivity index (χ0) is 18.1. The first-order valence-electron chi connectivity index (χ1n) is 8.44. The number of cyclic esters (lactones) is 1. The fourth-order valence-corrected chi connectivity index (χ4v) is 6.18. The molecule has 5 rings (SSSR count). The van der Waals surface area contributed by atoms with Gasteiger partial charge in [0.05, 0.1) is 12.6 Å². The third-order valence-corrected chi connectivity index (χ3v) is 6.90. The van der Waals surface area contributed by atoms with Gasteiger partial charge in [-0.25, -0.2) is 0 Å². The van der Waals surface area contributed by atoms with E-state index < -0.39 is 5.41 Å². The molecule has 2 aromatic rings. The van der Waals surface area contributed by atoms with Gasteiger partial charge in [0.25, 0.3) is 0 Å². The number of anilines is 1. The van der Waals surface area contributed by atoms with Gasteiger partial charge in [-0.05, 0) is 35.2 Å². The molecule has 3 atom stereocenters.